The van der Waals surface area contributed by atoms with Gasteiger partial charge in [-0.15, -0.1) is 11.8 Å². The zero-order valence-corrected chi connectivity index (χ0v) is 13.6. The van der Waals surface area contributed by atoms with Gasteiger partial charge in [-0.25, -0.2) is 0 Å². The van der Waals surface area contributed by atoms with Crippen LogP contribution in [0.2, 0.25) is 0 Å². The predicted molar refractivity (Wildman–Crippen MR) is 90.7 cm³/mol. The molecule has 0 bridgehead atoms. The Bertz CT molecular complexity index is 418. The van der Waals surface area contributed by atoms with Gasteiger partial charge in [0.05, 0.1) is 5.75 Å². The summed E-state index contributed by atoms with van der Waals surface area (Å²) in [6.07, 6.45) is 4.38. The van der Waals surface area contributed by atoms with Crippen molar-refractivity contribution in [3.8, 4) is 0 Å². The van der Waals surface area contributed by atoms with Gasteiger partial charge in [0, 0.05) is 11.3 Å². The second-order valence-corrected chi connectivity index (χ2v) is 7.04. The molecule has 1 saturated heterocycles. The largest absolute Gasteiger partial charge is 0.353 e. The number of thioether (sulfide) groups is 1. The van der Waals surface area contributed by atoms with Crippen molar-refractivity contribution in [2.75, 3.05) is 18.8 Å². The van der Waals surface area contributed by atoms with Crippen molar-refractivity contribution in [2.24, 2.45) is 0 Å². The lowest BCUT2D eigenvalue weighted by molar-refractivity contribution is -0.119. The highest BCUT2D eigenvalue weighted by Crippen LogP contribution is 2.19. The van der Waals surface area contributed by atoms with Crippen molar-refractivity contribution in [3.63, 3.8) is 0 Å². The van der Waals surface area contributed by atoms with Crippen molar-refractivity contribution in [2.45, 2.75) is 43.9 Å². The second-order valence-electron chi connectivity index (χ2n) is 5.75. The molecule has 3 nitrogen and oxygen atoms in total. The van der Waals surface area contributed by atoms with Gasteiger partial charge >= 0.3 is 0 Å². The number of aryl methyl sites for hydroxylation is 1. The predicted octanol–water partition coefficient (Wildman–Crippen LogP) is 2.61. The van der Waals surface area contributed by atoms with E-state index in [-0.39, 0.29) is 11.9 Å². The molecule has 0 spiro atoms. The first-order chi connectivity index (χ1) is 10.2. The topological polar surface area (TPSA) is 41.1 Å². The van der Waals surface area contributed by atoms with Gasteiger partial charge < -0.3 is 10.6 Å². The van der Waals surface area contributed by atoms with Gasteiger partial charge in [0.2, 0.25) is 5.91 Å². The second kappa shape index (κ2) is 9.11. The molecule has 0 radical (unpaired) electrons. The molecule has 1 unspecified atom stereocenters. The zero-order chi connectivity index (χ0) is 14.9. The van der Waals surface area contributed by atoms with Crippen LogP contribution >= 0.6 is 11.8 Å². The quantitative estimate of drug-likeness (QED) is 0.813. The molecule has 1 aliphatic heterocycles. The molecular formula is C17H26N2OS. The normalized spacial score (nSPS) is 17.4. The number of carbonyl (C=O) groups excluding carboxylic acids is 1. The molecule has 2 rings (SSSR count). The maximum absolute atomic E-state index is 12.0. The number of rotatable bonds is 7. The van der Waals surface area contributed by atoms with E-state index in [1.165, 1.54) is 18.4 Å². The lowest BCUT2D eigenvalue weighted by Crippen LogP contribution is -2.35. The fourth-order valence-corrected chi connectivity index (χ4v) is 3.61. The molecule has 2 N–H and O–H groups in total. The molecule has 21 heavy (non-hydrogen) atoms. The van der Waals surface area contributed by atoms with Crippen molar-refractivity contribution >= 4 is 17.7 Å². The summed E-state index contributed by atoms with van der Waals surface area (Å²) >= 11 is 1.81. The summed E-state index contributed by atoms with van der Waals surface area (Å²) in [4.78, 5) is 12.0. The van der Waals surface area contributed by atoms with Crippen molar-refractivity contribution in [3.05, 3.63) is 35.9 Å². The summed E-state index contributed by atoms with van der Waals surface area (Å²) in [5.74, 6) is 0.777. The number of amides is 1. The van der Waals surface area contributed by atoms with Crippen molar-refractivity contribution in [1.29, 1.82) is 0 Å². The van der Waals surface area contributed by atoms with Gasteiger partial charge in [0.1, 0.15) is 0 Å². The third kappa shape index (κ3) is 6.53. The van der Waals surface area contributed by atoms with E-state index in [0.717, 1.165) is 25.9 Å². The Balaban J connectivity index is 1.60. The molecule has 0 saturated carbocycles. The Labute approximate surface area is 132 Å². The third-order valence-electron chi connectivity index (χ3n) is 3.85. The molecule has 116 valence electrons. The van der Waals surface area contributed by atoms with Gasteiger partial charge in [-0.2, -0.15) is 0 Å². The SMILES string of the molecule is CC(CCc1ccccc1)NC(=O)CSC1CCNCC1. The molecule has 0 aliphatic carbocycles. The van der Waals surface area contributed by atoms with E-state index in [4.69, 9.17) is 0 Å². The fraction of sp³-hybridized carbons (Fsp3) is 0.588. The lowest BCUT2D eigenvalue weighted by Gasteiger charge is -2.22. The van der Waals surface area contributed by atoms with Crippen LogP contribution in [-0.2, 0) is 11.2 Å². The van der Waals surface area contributed by atoms with E-state index in [1.807, 2.05) is 17.8 Å². The first kappa shape index (κ1) is 16.4. The van der Waals surface area contributed by atoms with E-state index < -0.39 is 0 Å². The van der Waals surface area contributed by atoms with Crippen molar-refractivity contribution in [1.82, 2.24) is 10.6 Å². The third-order valence-corrected chi connectivity index (χ3v) is 5.22. The van der Waals surface area contributed by atoms with Crippen LogP contribution in [-0.4, -0.2) is 36.0 Å². The summed E-state index contributed by atoms with van der Waals surface area (Å²) in [5.41, 5.74) is 1.34. The molecule has 1 amide bonds. The van der Waals surface area contributed by atoms with Crippen molar-refractivity contribution < 1.29 is 4.79 Å². The Morgan fingerprint density at radius 2 is 2.05 bits per heavy atom. The van der Waals surface area contributed by atoms with E-state index in [2.05, 4.69) is 41.8 Å². The minimum absolute atomic E-state index is 0.180. The van der Waals surface area contributed by atoms with Crippen LogP contribution in [0.3, 0.4) is 0 Å². The summed E-state index contributed by atoms with van der Waals surface area (Å²) in [5, 5.41) is 7.12. The monoisotopic (exact) mass is 306 g/mol. The average molecular weight is 306 g/mol. The van der Waals surface area contributed by atoms with Gasteiger partial charge in [-0.05, 0) is 51.3 Å². The van der Waals surface area contributed by atoms with Crippen LogP contribution < -0.4 is 10.6 Å². The van der Waals surface area contributed by atoms with Crippen LogP contribution in [0, 0.1) is 0 Å². The molecule has 1 fully saturated rings. The molecule has 1 heterocycles. The smallest absolute Gasteiger partial charge is 0.230 e. The number of hydrogen-bond acceptors (Lipinski definition) is 3. The molecule has 1 aromatic rings. The van der Waals surface area contributed by atoms with Crippen LogP contribution in [0.4, 0.5) is 0 Å². The van der Waals surface area contributed by atoms with E-state index in [1.54, 1.807) is 0 Å². The summed E-state index contributed by atoms with van der Waals surface area (Å²) < 4.78 is 0. The molecular weight excluding hydrogens is 280 g/mol. The van der Waals surface area contributed by atoms with Gasteiger partial charge in [0.15, 0.2) is 0 Å². The van der Waals surface area contributed by atoms with Crippen LogP contribution in [0.5, 0.6) is 0 Å². The molecule has 4 heteroatoms. The zero-order valence-electron chi connectivity index (χ0n) is 12.8. The van der Waals surface area contributed by atoms with Gasteiger partial charge in [-0.3, -0.25) is 4.79 Å². The number of hydrogen-bond donors (Lipinski definition) is 2. The summed E-state index contributed by atoms with van der Waals surface area (Å²) in [6.45, 7) is 4.27. The maximum atomic E-state index is 12.0. The van der Waals surface area contributed by atoms with Crippen LogP contribution in [0.1, 0.15) is 31.7 Å². The summed E-state index contributed by atoms with van der Waals surface area (Å²) in [7, 11) is 0. The highest BCUT2D eigenvalue weighted by Gasteiger charge is 2.15. The van der Waals surface area contributed by atoms with E-state index >= 15 is 0 Å². The highest BCUT2D eigenvalue weighted by molar-refractivity contribution is 8.00. The van der Waals surface area contributed by atoms with E-state index in [9.17, 15) is 4.79 Å². The number of piperidine rings is 1. The standard InChI is InChI=1S/C17H26N2OS/c1-14(7-8-15-5-3-2-4-6-15)19-17(20)13-21-16-9-11-18-12-10-16/h2-6,14,16,18H,7-13H2,1H3,(H,19,20). The molecule has 1 aliphatic rings. The molecule has 1 aromatic carbocycles. The fourth-order valence-electron chi connectivity index (χ4n) is 2.57. The van der Waals surface area contributed by atoms with Gasteiger partial charge in [-0.1, -0.05) is 30.3 Å². The Morgan fingerprint density at radius 1 is 1.33 bits per heavy atom. The highest BCUT2D eigenvalue weighted by atomic mass is 32.2. The van der Waals surface area contributed by atoms with Crippen LogP contribution in [0.25, 0.3) is 0 Å². The first-order valence-corrected chi connectivity index (χ1v) is 8.94. The van der Waals surface area contributed by atoms with Gasteiger partial charge in [0.25, 0.3) is 0 Å². The van der Waals surface area contributed by atoms with Crippen LogP contribution in [0.15, 0.2) is 30.3 Å². The minimum Gasteiger partial charge on any atom is -0.353 e. The Morgan fingerprint density at radius 3 is 2.76 bits per heavy atom. The Kier molecular flexibility index (Phi) is 7.10. The number of carbonyl (C=O) groups is 1. The molecule has 1 atom stereocenters. The molecule has 0 aromatic heterocycles. The minimum atomic E-state index is 0.180. The Hall–Kier alpha value is -1.000. The number of benzene rings is 1. The van der Waals surface area contributed by atoms with E-state index in [0.29, 0.717) is 11.0 Å². The lowest BCUT2D eigenvalue weighted by atomic mass is 10.1. The number of nitrogens with one attached hydrogen (secondary N) is 2. The maximum Gasteiger partial charge on any atom is 0.230 e. The summed E-state index contributed by atoms with van der Waals surface area (Å²) in [6, 6.07) is 10.7. The first-order valence-electron chi connectivity index (χ1n) is 7.89. The average Bonchev–Trinajstić information content (AvgIpc) is 2.53.